The molecule has 6 nitrogen and oxygen atoms in total. The lowest BCUT2D eigenvalue weighted by Crippen LogP contribution is -2.07. The Balaban J connectivity index is 3.06. The van der Waals surface area contributed by atoms with Crippen molar-refractivity contribution in [2.24, 2.45) is 0 Å². The van der Waals surface area contributed by atoms with Crippen molar-refractivity contribution in [2.75, 3.05) is 5.32 Å². The third kappa shape index (κ3) is 2.19. The molecule has 1 amide bonds. The first-order valence-electron chi connectivity index (χ1n) is 3.75. The highest BCUT2D eigenvalue weighted by Gasteiger charge is 2.11. The van der Waals surface area contributed by atoms with Gasteiger partial charge in [-0.2, -0.15) is 0 Å². The van der Waals surface area contributed by atoms with Crippen LogP contribution in [-0.2, 0) is 0 Å². The lowest BCUT2D eigenvalue weighted by molar-refractivity contribution is -0.385. The zero-order chi connectivity index (χ0) is 10.7. The zero-order valence-electron chi connectivity index (χ0n) is 7.35. The van der Waals surface area contributed by atoms with E-state index in [0.29, 0.717) is 5.56 Å². The summed E-state index contributed by atoms with van der Waals surface area (Å²) in [5, 5.41) is 20.9. The zero-order valence-corrected chi connectivity index (χ0v) is 7.35. The van der Waals surface area contributed by atoms with Crippen LogP contribution >= 0.6 is 0 Å². The summed E-state index contributed by atoms with van der Waals surface area (Å²) in [6, 6.07) is 4.14. The van der Waals surface area contributed by atoms with Gasteiger partial charge in [0.2, 0.25) is 0 Å². The van der Waals surface area contributed by atoms with Crippen LogP contribution in [0.15, 0.2) is 18.2 Å². The number of nitrogens with one attached hydrogen (secondary N) is 1. The van der Waals surface area contributed by atoms with E-state index in [0.717, 1.165) is 0 Å². The molecule has 0 bridgehead atoms. The van der Waals surface area contributed by atoms with Gasteiger partial charge in [0.15, 0.2) is 0 Å². The van der Waals surface area contributed by atoms with Gasteiger partial charge in [0.05, 0.1) is 10.6 Å². The molecule has 0 spiro atoms. The number of hydrogen-bond acceptors (Lipinski definition) is 3. The number of carbonyl (C=O) groups is 1. The lowest BCUT2D eigenvalue weighted by atomic mass is 10.2. The van der Waals surface area contributed by atoms with Crippen LogP contribution in [0.5, 0.6) is 0 Å². The molecule has 14 heavy (non-hydrogen) atoms. The van der Waals surface area contributed by atoms with E-state index in [4.69, 9.17) is 5.11 Å². The van der Waals surface area contributed by atoms with E-state index < -0.39 is 11.0 Å². The number of rotatable bonds is 2. The molecule has 6 heteroatoms. The van der Waals surface area contributed by atoms with Crippen molar-refractivity contribution < 1.29 is 14.8 Å². The predicted molar refractivity (Wildman–Crippen MR) is 49.5 cm³/mol. The molecule has 0 unspecified atom stereocenters. The molecule has 0 aliphatic rings. The highest BCUT2D eigenvalue weighted by molar-refractivity contribution is 5.83. The summed E-state index contributed by atoms with van der Waals surface area (Å²) in [5.41, 5.74) is 0.581. The second-order valence-electron chi connectivity index (χ2n) is 2.69. The van der Waals surface area contributed by atoms with Crippen LogP contribution in [0.4, 0.5) is 16.2 Å². The number of nitro benzene ring substituents is 1. The van der Waals surface area contributed by atoms with Crippen LogP contribution in [0.1, 0.15) is 5.56 Å². The molecular formula is C8H8N2O4. The van der Waals surface area contributed by atoms with E-state index in [1.807, 2.05) is 5.32 Å². The van der Waals surface area contributed by atoms with E-state index in [1.165, 1.54) is 18.2 Å². The molecule has 0 fully saturated rings. The smallest absolute Gasteiger partial charge is 0.409 e. The van der Waals surface area contributed by atoms with Gasteiger partial charge in [-0.25, -0.2) is 4.79 Å². The summed E-state index contributed by atoms with van der Waals surface area (Å²) in [7, 11) is 0. The number of hydrogen-bond donors (Lipinski definition) is 2. The quantitative estimate of drug-likeness (QED) is 0.558. The highest BCUT2D eigenvalue weighted by Crippen LogP contribution is 2.21. The fourth-order valence-corrected chi connectivity index (χ4v) is 1.01. The Morgan fingerprint density at radius 1 is 1.57 bits per heavy atom. The van der Waals surface area contributed by atoms with Crippen molar-refractivity contribution in [1.29, 1.82) is 0 Å². The first-order valence-corrected chi connectivity index (χ1v) is 3.75. The van der Waals surface area contributed by atoms with Gasteiger partial charge in [-0.05, 0) is 13.0 Å². The summed E-state index contributed by atoms with van der Waals surface area (Å²) in [5.74, 6) is 0. The van der Waals surface area contributed by atoms with Crippen LogP contribution in [0.2, 0.25) is 0 Å². The Hall–Kier alpha value is -2.11. The topological polar surface area (TPSA) is 92.5 Å². The second kappa shape index (κ2) is 3.73. The maximum atomic E-state index is 10.5. The van der Waals surface area contributed by atoms with Gasteiger partial charge in [-0.1, -0.05) is 6.07 Å². The Kier molecular flexibility index (Phi) is 2.66. The van der Waals surface area contributed by atoms with E-state index in [1.54, 1.807) is 6.92 Å². The number of aryl methyl sites for hydroxylation is 1. The van der Waals surface area contributed by atoms with Crippen LogP contribution in [-0.4, -0.2) is 16.1 Å². The molecule has 0 aromatic heterocycles. The maximum absolute atomic E-state index is 10.5. The van der Waals surface area contributed by atoms with Crippen LogP contribution in [0, 0.1) is 17.0 Å². The molecular weight excluding hydrogens is 188 g/mol. The SMILES string of the molecule is Cc1ccc(NC(=O)O)cc1[N+](=O)[O-]. The molecule has 0 aliphatic carbocycles. The molecule has 0 radical (unpaired) electrons. The van der Waals surface area contributed by atoms with Gasteiger partial charge in [0.25, 0.3) is 5.69 Å². The Morgan fingerprint density at radius 2 is 2.21 bits per heavy atom. The molecule has 1 aromatic rings. The maximum Gasteiger partial charge on any atom is 0.409 e. The number of anilines is 1. The van der Waals surface area contributed by atoms with Crippen molar-refractivity contribution in [1.82, 2.24) is 0 Å². The van der Waals surface area contributed by atoms with Crippen molar-refractivity contribution >= 4 is 17.5 Å². The molecule has 1 aromatic carbocycles. The summed E-state index contributed by atoms with van der Waals surface area (Å²) < 4.78 is 0. The average molecular weight is 196 g/mol. The summed E-state index contributed by atoms with van der Waals surface area (Å²) in [4.78, 5) is 20.2. The lowest BCUT2D eigenvalue weighted by Gasteiger charge is -2.01. The van der Waals surface area contributed by atoms with Gasteiger partial charge in [0.1, 0.15) is 0 Å². The Bertz CT molecular complexity index is 389. The summed E-state index contributed by atoms with van der Waals surface area (Å²) in [6.45, 7) is 1.59. The summed E-state index contributed by atoms with van der Waals surface area (Å²) >= 11 is 0. The number of nitrogens with zero attached hydrogens (tertiary/aromatic N) is 1. The van der Waals surface area contributed by atoms with Crippen LogP contribution in [0.3, 0.4) is 0 Å². The van der Waals surface area contributed by atoms with Crippen LogP contribution in [0.25, 0.3) is 0 Å². The minimum absolute atomic E-state index is 0.101. The normalized spacial score (nSPS) is 9.50. The molecule has 0 aliphatic heterocycles. The van der Waals surface area contributed by atoms with Crippen LogP contribution < -0.4 is 5.32 Å². The standard InChI is InChI=1S/C8H8N2O4/c1-5-2-3-6(9-8(11)12)4-7(5)10(13)14/h2-4,9H,1H3,(H,11,12). The van der Waals surface area contributed by atoms with Crippen molar-refractivity contribution in [3.05, 3.63) is 33.9 Å². The Morgan fingerprint density at radius 3 is 2.71 bits per heavy atom. The molecule has 0 atom stereocenters. The van der Waals surface area contributed by atoms with Crippen molar-refractivity contribution in [3.63, 3.8) is 0 Å². The van der Waals surface area contributed by atoms with Gasteiger partial charge < -0.3 is 5.11 Å². The number of amides is 1. The highest BCUT2D eigenvalue weighted by atomic mass is 16.6. The molecule has 0 heterocycles. The third-order valence-electron chi connectivity index (χ3n) is 1.66. The first-order chi connectivity index (χ1) is 6.50. The van der Waals surface area contributed by atoms with E-state index in [9.17, 15) is 14.9 Å². The predicted octanol–water partition coefficient (Wildman–Crippen LogP) is 1.99. The number of nitro groups is 1. The minimum atomic E-state index is -1.25. The average Bonchev–Trinajstić information content (AvgIpc) is 2.07. The van der Waals surface area contributed by atoms with E-state index >= 15 is 0 Å². The Labute approximate surface area is 79.3 Å². The number of benzene rings is 1. The first kappa shape index (κ1) is 9.97. The van der Waals surface area contributed by atoms with Crippen molar-refractivity contribution in [2.45, 2.75) is 6.92 Å². The van der Waals surface area contributed by atoms with Gasteiger partial charge in [-0.3, -0.25) is 15.4 Å². The molecule has 0 saturated heterocycles. The minimum Gasteiger partial charge on any atom is -0.465 e. The molecule has 74 valence electrons. The fourth-order valence-electron chi connectivity index (χ4n) is 1.01. The van der Waals surface area contributed by atoms with Gasteiger partial charge in [-0.15, -0.1) is 0 Å². The summed E-state index contributed by atoms with van der Waals surface area (Å²) in [6.07, 6.45) is -1.25. The monoisotopic (exact) mass is 196 g/mol. The van der Waals surface area contributed by atoms with E-state index in [-0.39, 0.29) is 11.4 Å². The largest absolute Gasteiger partial charge is 0.465 e. The van der Waals surface area contributed by atoms with Gasteiger partial charge in [0, 0.05) is 11.6 Å². The number of carboxylic acid groups (broad SMARTS) is 1. The fraction of sp³-hybridized carbons (Fsp3) is 0.125. The third-order valence-corrected chi connectivity index (χ3v) is 1.66. The molecule has 1 rings (SSSR count). The molecule has 0 saturated carbocycles. The second-order valence-corrected chi connectivity index (χ2v) is 2.69. The van der Waals surface area contributed by atoms with Gasteiger partial charge >= 0.3 is 6.09 Å². The van der Waals surface area contributed by atoms with E-state index in [2.05, 4.69) is 0 Å². The van der Waals surface area contributed by atoms with Crippen molar-refractivity contribution in [3.8, 4) is 0 Å². The molecule has 2 N–H and O–H groups in total.